The SMILES string of the molecule is COc1cc(C(=O)O)ccc1NSN1Cc2nc(-c3ccc(C4CCCCC4)cc3)sc2C1. The van der Waals surface area contributed by atoms with E-state index in [-0.39, 0.29) is 5.56 Å². The van der Waals surface area contributed by atoms with Crippen LogP contribution in [0.1, 0.15) is 64.5 Å². The zero-order chi connectivity index (χ0) is 22.8. The molecule has 1 aliphatic carbocycles. The van der Waals surface area contributed by atoms with Gasteiger partial charge in [0.2, 0.25) is 0 Å². The number of rotatable bonds is 7. The summed E-state index contributed by atoms with van der Waals surface area (Å²) in [5.74, 6) is 0.265. The maximum absolute atomic E-state index is 11.2. The highest BCUT2D eigenvalue weighted by atomic mass is 32.2. The molecule has 0 amide bonds. The molecular weight excluding hydrogens is 454 g/mol. The van der Waals surface area contributed by atoms with Crippen LogP contribution in [-0.2, 0) is 13.1 Å². The number of fused-ring (bicyclic) bond motifs is 1. The van der Waals surface area contributed by atoms with Gasteiger partial charge in [-0.3, -0.25) is 0 Å². The lowest BCUT2D eigenvalue weighted by Gasteiger charge is -2.22. The molecule has 5 rings (SSSR count). The van der Waals surface area contributed by atoms with Crippen molar-refractivity contribution in [3.8, 4) is 16.3 Å². The molecule has 0 spiro atoms. The van der Waals surface area contributed by atoms with Crippen LogP contribution >= 0.6 is 23.5 Å². The second kappa shape index (κ2) is 9.75. The number of anilines is 1. The summed E-state index contributed by atoms with van der Waals surface area (Å²) in [5, 5.41) is 10.3. The van der Waals surface area contributed by atoms with Crippen molar-refractivity contribution in [3.05, 3.63) is 64.2 Å². The molecule has 6 nitrogen and oxygen atoms in total. The molecule has 33 heavy (non-hydrogen) atoms. The number of carbonyl (C=O) groups is 1. The summed E-state index contributed by atoms with van der Waals surface area (Å²) in [6, 6.07) is 13.9. The zero-order valence-corrected chi connectivity index (χ0v) is 20.2. The number of ether oxygens (including phenoxy) is 1. The molecule has 1 aliphatic heterocycles. The minimum Gasteiger partial charge on any atom is -0.495 e. The molecule has 1 fully saturated rings. The minimum atomic E-state index is -0.970. The first kappa shape index (κ1) is 22.3. The van der Waals surface area contributed by atoms with E-state index >= 15 is 0 Å². The molecule has 2 heterocycles. The van der Waals surface area contributed by atoms with Crippen LogP contribution in [0.2, 0.25) is 0 Å². The maximum atomic E-state index is 11.2. The molecule has 0 unspecified atom stereocenters. The van der Waals surface area contributed by atoms with Crippen LogP contribution in [0.4, 0.5) is 5.69 Å². The highest BCUT2D eigenvalue weighted by molar-refractivity contribution is 7.98. The Morgan fingerprint density at radius 3 is 2.64 bits per heavy atom. The van der Waals surface area contributed by atoms with Crippen molar-refractivity contribution in [2.75, 3.05) is 11.8 Å². The predicted molar refractivity (Wildman–Crippen MR) is 134 cm³/mol. The summed E-state index contributed by atoms with van der Waals surface area (Å²) in [6.07, 6.45) is 6.74. The molecule has 0 bridgehead atoms. The quantitative estimate of drug-likeness (QED) is 0.370. The Balaban J connectivity index is 1.20. The van der Waals surface area contributed by atoms with Crippen molar-refractivity contribution in [2.45, 2.75) is 51.1 Å². The fourth-order valence-electron chi connectivity index (χ4n) is 4.56. The molecule has 0 radical (unpaired) electrons. The molecule has 2 N–H and O–H groups in total. The summed E-state index contributed by atoms with van der Waals surface area (Å²) < 4.78 is 10.8. The lowest BCUT2D eigenvalue weighted by atomic mass is 9.84. The zero-order valence-electron chi connectivity index (χ0n) is 18.5. The molecule has 172 valence electrons. The van der Waals surface area contributed by atoms with Gasteiger partial charge in [0.15, 0.2) is 0 Å². The number of aromatic carboxylic acids is 1. The van der Waals surface area contributed by atoms with Crippen LogP contribution in [0.3, 0.4) is 0 Å². The van der Waals surface area contributed by atoms with Crippen LogP contribution in [-0.4, -0.2) is 27.5 Å². The fourth-order valence-corrected chi connectivity index (χ4v) is 6.51. The molecule has 1 saturated carbocycles. The predicted octanol–water partition coefficient (Wildman–Crippen LogP) is 6.56. The number of hydrogen-bond donors (Lipinski definition) is 2. The number of aromatic nitrogens is 1. The van der Waals surface area contributed by atoms with Gasteiger partial charge in [0.05, 0.1) is 30.6 Å². The molecule has 2 aliphatic rings. The Morgan fingerprint density at radius 2 is 1.94 bits per heavy atom. The Hall–Kier alpha value is -2.55. The highest BCUT2D eigenvalue weighted by Gasteiger charge is 2.25. The Bertz CT molecular complexity index is 1120. The Kier molecular flexibility index (Phi) is 6.57. The fraction of sp³-hybridized carbons (Fsp3) is 0.360. The summed E-state index contributed by atoms with van der Waals surface area (Å²) in [7, 11) is 1.54. The van der Waals surface area contributed by atoms with Crippen molar-refractivity contribution in [2.24, 2.45) is 0 Å². The first-order chi connectivity index (χ1) is 16.1. The van der Waals surface area contributed by atoms with Crippen molar-refractivity contribution in [3.63, 3.8) is 0 Å². The molecule has 8 heteroatoms. The van der Waals surface area contributed by atoms with Gasteiger partial charge in [0.1, 0.15) is 10.8 Å². The number of carboxylic acids is 1. The standard InChI is InChI=1S/C25H27N3O3S2/c1-31-22-13-19(25(29)30)11-12-20(22)27-33-28-14-21-23(15-28)32-24(26-21)18-9-7-17(8-10-18)16-5-3-2-4-6-16/h7-13,16,27H,2-6,14-15H2,1H3,(H,29,30). The van der Waals surface area contributed by atoms with E-state index in [0.717, 1.165) is 35.4 Å². The van der Waals surface area contributed by atoms with Crippen LogP contribution in [0.15, 0.2) is 42.5 Å². The van der Waals surface area contributed by atoms with E-state index < -0.39 is 5.97 Å². The number of hydrogen-bond acceptors (Lipinski definition) is 7. The van der Waals surface area contributed by atoms with Crippen LogP contribution < -0.4 is 9.46 Å². The molecule has 0 saturated heterocycles. The summed E-state index contributed by atoms with van der Waals surface area (Å²) in [5.41, 5.74) is 4.76. The summed E-state index contributed by atoms with van der Waals surface area (Å²) in [4.78, 5) is 17.4. The van der Waals surface area contributed by atoms with Crippen molar-refractivity contribution >= 4 is 35.1 Å². The van der Waals surface area contributed by atoms with Crippen molar-refractivity contribution in [1.29, 1.82) is 0 Å². The number of methoxy groups -OCH3 is 1. The molecule has 2 aromatic carbocycles. The first-order valence-electron chi connectivity index (χ1n) is 11.3. The average molecular weight is 482 g/mol. The lowest BCUT2D eigenvalue weighted by molar-refractivity contribution is 0.0696. The van der Waals surface area contributed by atoms with Gasteiger partial charge in [-0.25, -0.2) is 14.1 Å². The van der Waals surface area contributed by atoms with Gasteiger partial charge < -0.3 is 14.6 Å². The van der Waals surface area contributed by atoms with E-state index in [9.17, 15) is 4.79 Å². The molecule has 1 aromatic heterocycles. The van der Waals surface area contributed by atoms with Gasteiger partial charge in [-0.1, -0.05) is 43.5 Å². The number of thiazole rings is 1. The number of nitrogens with zero attached hydrogens (tertiary/aromatic N) is 2. The van der Waals surface area contributed by atoms with E-state index in [2.05, 4.69) is 33.3 Å². The third kappa shape index (κ3) is 4.88. The van der Waals surface area contributed by atoms with E-state index in [1.807, 2.05) is 0 Å². The second-order valence-corrected chi connectivity index (χ2v) is 10.5. The van der Waals surface area contributed by atoms with Gasteiger partial charge >= 0.3 is 5.97 Å². The van der Waals surface area contributed by atoms with Gasteiger partial charge in [-0.15, -0.1) is 11.3 Å². The Morgan fingerprint density at radius 1 is 1.15 bits per heavy atom. The topological polar surface area (TPSA) is 74.7 Å². The molecule has 3 aromatic rings. The maximum Gasteiger partial charge on any atom is 0.335 e. The Labute approximate surface area is 202 Å². The average Bonchev–Trinajstić information content (AvgIpc) is 3.42. The second-order valence-electron chi connectivity index (χ2n) is 8.56. The van der Waals surface area contributed by atoms with Crippen LogP contribution in [0.5, 0.6) is 5.75 Å². The summed E-state index contributed by atoms with van der Waals surface area (Å²) in [6.45, 7) is 1.58. The van der Waals surface area contributed by atoms with Gasteiger partial charge in [0, 0.05) is 29.1 Å². The summed E-state index contributed by atoms with van der Waals surface area (Å²) >= 11 is 3.26. The first-order valence-corrected chi connectivity index (χ1v) is 12.9. The van der Waals surface area contributed by atoms with Crippen LogP contribution in [0.25, 0.3) is 10.6 Å². The monoisotopic (exact) mass is 481 g/mol. The molecular formula is C25H27N3O3S2. The third-order valence-electron chi connectivity index (χ3n) is 6.39. The van der Waals surface area contributed by atoms with E-state index in [1.54, 1.807) is 23.5 Å². The van der Waals surface area contributed by atoms with E-state index in [4.69, 9.17) is 14.8 Å². The minimum absolute atomic E-state index is 0.203. The van der Waals surface area contributed by atoms with Crippen molar-refractivity contribution < 1.29 is 14.6 Å². The van der Waals surface area contributed by atoms with Crippen LogP contribution in [0, 0.1) is 0 Å². The van der Waals surface area contributed by atoms with Gasteiger partial charge in [0.25, 0.3) is 0 Å². The van der Waals surface area contributed by atoms with Gasteiger partial charge in [-0.05, 0) is 42.5 Å². The number of carboxylic acid groups (broad SMARTS) is 1. The van der Waals surface area contributed by atoms with Gasteiger partial charge in [-0.2, -0.15) is 0 Å². The number of nitrogens with one attached hydrogen (secondary N) is 1. The largest absolute Gasteiger partial charge is 0.495 e. The lowest BCUT2D eigenvalue weighted by Crippen LogP contribution is -2.10. The van der Waals surface area contributed by atoms with E-state index in [0.29, 0.717) is 5.75 Å². The smallest absolute Gasteiger partial charge is 0.335 e. The highest BCUT2D eigenvalue weighted by Crippen LogP contribution is 2.38. The normalized spacial score (nSPS) is 16.5. The molecule has 0 atom stereocenters. The number of benzene rings is 2. The third-order valence-corrected chi connectivity index (χ3v) is 8.35. The van der Waals surface area contributed by atoms with Crippen molar-refractivity contribution in [1.82, 2.24) is 9.29 Å². The van der Waals surface area contributed by atoms with E-state index in [1.165, 1.54) is 73.4 Å².